The third-order valence-corrected chi connectivity index (χ3v) is 3.49. The molecule has 0 aromatic heterocycles. The molecule has 0 aliphatic heterocycles. The van der Waals surface area contributed by atoms with Gasteiger partial charge in [0, 0.05) is 18.4 Å². The Morgan fingerprint density at radius 2 is 1.52 bits per heavy atom. The monoisotopic (exact) mass is 319 g/mol. The average Bonchev–Trinajstić information content (AvgIpc) is 2.52. The van der Waals surface area contributed by atoms with Gasteiger partial charge >= 0.3 is 0 Å². The first kappa shape index (κ1) is 17.3. The number of thioether (sulfide) groups is 1. The summed E-state index contributed by atoms with van der Waals surface area (Å²) in [4.78, 5) is 0. The zero-order valence-corrected chi connectivity index (χ0v) is 13.2. The van der Waals surface area contributed by atoms with Crippen LogP contribution in [0.4, 0.5) is 0 Å². The SMILES string of the molecule is Cl.N/C(=N/N=CCc1ccccc1)SCc1ccccc1. The molecule has 0 saturated carbocycles. The van der Waals surface area contributed by atoms with E-state index < -0.39 is 0 Å². The molecule has 0 unspecified atom stereocenters. The fourth-order valence-corrected chi connectivity index (χ4v) is 2.23. The average molecular weight is 320 g/mol. The lowest BCUT2D eigenvalue weighted by atomic mass is 10.2. The lowest BCUT2D eigenvalue weighted by Crippen LogP contribution is -2.06. The maximum atomic E-state index is 5.80. The Balaban J connectivity index is 0.00000220. The minimum atomic E-state index is 0. The van der Waals surface area contributed by atoms with Crippen molar-refractivity contribution < 1.29 is 0 Å². The van der Waals surface area contributed by atoms with Crippen molar-refractivity contribution >= 4 is 35.6 Å². The van der Waals surface area contributed by atoms with Crippen molar-refractivity contribution in [3.05, 3.63) is 71.8 Å². The van der Waals surface area contributed by atoms with E-state index in [1.165, 1.54) is 22.9 Å². The van der Waals surface area contributed by atoms with Gasteiger partial charge in [0.1, 0.15) is 0 Å². The molecule has 0 aliphatic rings. The highest BCUT2D eigenvalue weighted by Gasteiger charge is 1.95. The first-order chi connectivity index (χ1) is 9.84. The van der Waals surface area contributed by atoms with Gasteiger partial charge < -0.3 is 5.73 Å². The standard InChI is InChI=1S/C16H17N3S.ClH/c17-16(20-13-15-9-5-2-6-10-15)19-18-12-11-14-7-3-1-4-8-14;/h1-10,12H,11,13H2,(H2,17,19);1H. The van der Waals surface area contributed by atoms with E-state index in [0.717, 1.165) is 12.2 Å². The number of halogens is 1. The van der Waals surface area contributed by atoms with Crippen molar-refractivity contribution in [2.24, 2.45) is 15.9 Å². The summed E-state index contributed by atoms with van der Waals surface area (Å²) in [6, 6.07) is 20.3. The highest BCUT2D eigenvalue weighted by Crippen LogP contribution is 2.11. The largest absolute Gasteiger partial charge is 0.377 e. The predicted molar refractivity (Wildman–Crippen MR) is 95.2 cm³/mol. The number of hydrogen-bond acceptors (Lipinski definition) is 3. The highest BCUT2D eigenvalue weighted by molar-refractivity contribution is 8.13. The van der Waals surface area contributed by atoms with Gasteiger partial charge in [-0.25, -0.2) is 0 Å². The van der Waals surface area contributed by atoms with Crippen LogP contribution >= 0.6 is 24.2 Å². The molecular weight excluding hydrogens is 302 g/mol. The van der Waals surface area contributed by atoms with Crippen LogP contribution in [0, 0.1) is 0 Å². The summed E-state index contributed by atoms with van der Waals surface area (Å²) in [6.07, 6.45) is 2.53. The van der Waals surface area contributed by atoms with Gasteiger partial charge in [-0.05, 0) is 11.1 Å². The molecule has 21 heavy (non-hydrogen) atoms. The number of nitrogens with two attached hydrogens (primary N) is 1. The number of nitrogens with zero attached hydrogens (tertiary/aromatic N) is 2. The second-order valence-electron chi connectivity index (χ2n) is 4.20. The van der Waals surface area contributed by atoms with E-state index in [1.54, 1.807) is 6.21 Å². The summed E-state index contributed by atoms with van der Waals surface area (Å²) in [6.45, 7) is 0. The third-order valence-electron chi connectivity index (χ3n) is 2.64. The van der Waals surface area contributed by atoms with Crippen LogP contribution in [0.3, 0.4) is 0 Å². The second kappa shape index (κ2) is 10.0. The molecule has 0 bridgehead atoms. The molecule has 3 nitrogen and oxygen atoms in total. The first-order valence-electron chi connectivity index (χ1n) is 6.40. The maximum Gasteiger partial charge on any atom is 0.180 e. The van der Waals surface area contributed by atoms with Crippen LogP contribution in [0.25, 0.3) is 0 Å². The minimum absolute atomic E-state index is 0. The van der Waals surface area contributed by atoms with E-state index >= 15 is 0 Å². The normalized spacial score (nSPS) is 11.3. The van der Waals surface area contributed by atoms with Crippen molar-refractivity contribution in [1.82, 2.24) is 0 Å². The number of rotatable bonds is 5. The van der Waals surface area contributed by atoms with Crippen molar-refractivity contribution in [3.8, 4) is 0 Å². The molecule has 0 spiro atoms. The minimum Gasteiger partial charge on any atom is -0.377 e. The number of amidine groups is 1. The zero-order chi connectivity index (χ0) is 14.0. The lowest BCUT2D eigenvalue weighted by Gasteiger charge is -1.99. The smallest absolute Gasteiger partial charge is 0.180 e. The van der Waals surface area contributed by atoms with E-state index in [0.29, 0.717) is 5.17 Å². The zero-order valence-electron chi connectivity index (χ0n) is 11.6. The molecule has 0 saturated heterocycles. The molecule has 0 radical (unpaired) electrons. The lowest BCUT2D eigenvalue weighted by molar-refractivity contribution is 1.22. The van der Waals surface area contributed by atoms with E-state index in [9.17, 15) is 0 Å². The van der Waals surface area contributed by atoms with E-state index in [4.69, 9.17) is 5.73 Å². The van der Waals surface area contributed by atoms with Crippen molar-refractivity contribution in [3.63, 3.8) is 0 Å². The number of benzene rings is 2. The van der Waals surface area contributed by atoms with Crippen LogP contribution in [0.15, 0.2) is 70.9 Å². The Bertz CT molecular complexity index is 571. The van der Waals surface area contributed by atoms with E-state index in [1.807, 2.05) is 36.4 Å². The summed E-state index contributed by atoms with van der Waals surface area (Å²) < 4.78 is 0. The molecule has 0 atom stereocenters. The summed E-state index contributed by atoms with van der Waals surface area (Å²) in [5, 5.41) is 8.46. The quantitative estimate of drug-likeness (QED) is 0.516. The Hall–Kier alpha value is -1.78. The van der Waals surface area contributed by atoms with Crippen LogP contribution < -0.4 is 5.73 Å². The summed E-state index contributed by atoms with van der Waals surface area (Å²) >= 11 is 1.49. The Morgan fingerprint density at radius 3 is 2.14 bits per heavy atom. The van der Waals surface area contributed by atoms with Crippen molar-refractivity contribution in [1.29, 1.82) is 0 Å². The van der Waals surface area contributed by atoms with Crippen LogP contribution in [0.2, 0.25) is 0 Å². The summed E-state index contributed by atoms with van der Waals surface area (Å²) in [7, 11) is 0. The van der Waals surface area contributed by atoms with Gasteiger partial charge in [-0.1, -0.05) is 72.4 Å². The van der Waals surface area contributed by atoms with Gasteiger partial charge in [-0.2, -0.15) is 5.10 Å². The molecule has 0 aliphatic carbocycles. The summed E-state index contributed by atoms with van der Waals surface area (Å²) in [5.41, 5.74) is 8.24. The Morgan fingerprint density at radius 1 is 0.952 bits per heavy atom. The predicted octanol–water partition coefficient (Wildman–Crippen LogP) is 3.88. The molecule has 0 amide bonds. The van der Waals surface area contributed by atoms with Crippen molar-refractivity contribution in [2.45, 2.75) is 12.2 Å². The molecule has 2 N–H and O–H groups in total. The first-order valence-corrected chi connectivity index (χ1v) is 7.39. The maximum absolute atomic E-state index is 5.80. The molecule has 2 aromatic carbocycles. The van der Waals surface area contributed by atoms with Crippen molar-refractivity contribution in [2.75, 3.05) is 0 Å². The van der Waals surface area contributed by atoms with E-state index in [2.05, 4.69) is 34.5 Å². The van der Waals surface area contributed by atoms with Gasteiger partial charge in [-0.15, -0.1) is 17.5 Å². The van der Waals surface area contributed by atoms with Crippen LogP contribution in [-0.4, -0.2) is 11.4 Å². The third kappa shape index (κ3) is 6.97. The molecule has 110 valence electrons. The van der Waals surface area contributed by atoms with Gasteiger partial charge in [-0.3, -0.25) is 0 Å². The number of hydrogen-bond donors (Lipinski definition) is 1. The summed E-state index contributed by atoms with van der Waals surface area (Å²) in [5.74, 6) is 0.810. The van der Waals surface area contributed by atoms with Crippen LogP contribution in [0.5, 0.6) is 0 Å². The Labute approximate surface area is 135 Å². The van der Waals surface area contributed by atoms with Gasteiger partial charge in [0.15, 0.2) is 5.17 Å². The molecule has 2 rings (SSSR count). The van der Waals surface area contributed by atoms with Gasteiger partial charge in [0.25, 0.3) is 0 Å². The molecular formula is C16H18ClN3S. The Kier molecular flexibility index (Phi) is 8.24. The fraction of sp³-hybridized carbons (Fsp3) is 0.125. The van der Waals surface area contributed by atoms with Crippen LogP contribution in [-0.2, 0) is 12.2 Å². The second-order valence-corrected chi connectivity index (χ2v) is 5.20. The van der Waals surface area contributed by atoms with Crippen LogP contribution in [0.1, 0.15) is 11.1 Å². The van der Waals surface area contributed by atoms with Gasteiger partial charge in [0.2, 0.25) is 0 Å². The topological polar surface area (TPSA) is 50.7 Å². The highest BCUT2D eigenvalue weighted by atomic mass is 35.5. The molecule has 5 heteroatoms. The molecule has 0 fully saturated rings. The van der Waals surface area contributed by atoms with E-state index in [-0.39, 0.29) is 12.4 Å². The molecule has 0 heterocycles. The molecule has 2 aromatic rings. The van der Waals surface area contributed by atoms with Gasteiger partial charge in [0.05, 0.1) is 0 Å². The fourth-order valence-electron chi connectivity index (χ4n) is 1.62.